The van der Waals surface area contributed by atoms with Crippen LogP contribution in [0.5, 0.6) is 0 Å². The second-order valence-corrected chi connectivity index (χ2v) is 11.4. The highest BCUT2D eigenvalue weighted by atomic mass is 16.6. The van der Waals surface area contributed by atoms with Gasteiger partial charge in [-0.05, 0) is 87.5 Å². The van der Waals surface area contributed by atoms with Gasteiger partial charge in [-0.3, -0.25) is 4.79 Å². The van der Waals surface area contributed by atoms with Crippen molar-refractivity contribution in [3.05, 3.63) is 11.6 Å². The van der Waals surface area contributed by atoms with Crippen LogP contribution in [-0.4, -0.2) is 24.6 Å². The van der Waals surface area contributed by atoms with E-state index in [1.807, 2.05) is 0 Å². The van der Waals surface area contributed by atoms with E-state index in [1.54, 1.807) is 5.57 Å². The number of oxime groups is 1. The zero-order valence-electron chi connectivity index (χ0n) is 19.0. The molecule has 0 heterocycles. The quantitative estimate of drug-likeness (QED) is 0.381. The van der Waals surface area contributed by atoms with Gasteiger partial charge in [-0.1, -0.05) is 43.5 Å². The molecule has 1 spiro atoms. The minimum Gasteiger partial charge on any atom is -0.396 e. The van der Waals surface area contributed by atoms with Crippen LogP contribution in [0.2, 0.25) is 0 Å². The largest absolute Gasteiger partial charge is 0.396 e. The first-order valence-electron chi connectivity index (χ1n) is 12.6. The molecule has 4 heteroatoms. The van der Waals surface area contributed by atoms with Crippen LogP contribution in [-0.2, 0) is 9.63 Å². The van der Waals surface area contributed by atoms with Gasteiger partial charge in [-0.2, -0.15) is 0 Å². The molecule has 4 fully saturated rings. The maximum Gasteiger partial charge on any atom is 0.139 e. The van der Waals surface area contributed by atoms with Crippen LogP contribution in [0.15, 0.2) is 16.8 Å². The summed E-state index contributed by atoms with van der Waals surface area (Å²) in [4.78, 5) is 18.5. The molecule has 2 N–H and O–H groups in total. The molecule has 5 aliphatic carbocycles. The van der Waals surface area contributed by atoms with Gasteiger partial charge in [0, 0.05) is 17.3 Å². The predicted molar refractivity (Wildman–Crippen MR) is 120 cm³/mol. The summed E-state index contributed by atoms with van der Waals surface area (Å²) in [5.74, 6) is 2.58. The van der Waals surface area contributed by atoms with Crippen molar-refractivity contribution >= 4 is 11.5 Å². The standard InChI is InChI=1S/C26H40N2O2/c1-24-15-11-22(28-30-17-5-16-27)26(12-3-4-13-26)21(24)8-6-18-19-7-9-23(29)25(19,2)14-10-20(18)24/h8,18-20H,3-7,9-17,27H2,1-2H3/b28-22-/t18-,19-,20-,24+,25-/m0/s1. The molecule has 0 aromatic carbocycles. The molecule has 4 saturated carbocycles. The lowest BCUT2D eigenvalue weighted by atomic mass is 9.44. The van der Waals surface area contributed by atoms with E-state index in [1.165, 1.54) is 50.7 Å². The van der Waals surface area contributed by atoms with Crippen molar-refractivity contribution in [3.8, 4) is 0 Å². The van der Waals surface area contributed by atoms with E-state index >= 15 is 0 Å². The number of hydrogen-bond acceptors (Lipinski definition) is 4. The number of rotatable bonds is 4. The third kappa shape index (κ3) is 2.81. The van der Waals surface area contributed by atoms with Gasteiger partial charge in [0.25, 0.3) is 0 Å². The highest BCUT2D eigenvalue weighted by molar-refractivity contribution is 5.94. The Kier molecular flexibility index (Phi) is 5.16. The highest BCUT2D eigenvalue weighted by Gasteiger charge is 2.62. The van der Waals surface area contributed by atoms with Gasteiger partial charge in [0.1, 0.15) is 12.4 Å². The molecule has 30 heavy (non-hydrogen) atoms. The van der Waals surface area contributed by atoms with Crippen molar-refractivity contribution in [2.24, 2.45) is 44.9 Å². The van der Waals surface area contributed by atoms with E-state index in [0.717, 1.165) is 38.0 Å². The van der Waals surface area contributed by atoms with Crippen molar-refractivity contribution in [1.82, 2.24) is 0 Å². The molecule has 0 aromatic rings. The molecule has 0 saturated heterocycles. The van der Waals surface area contributed by atoms with Crippen molar-refractivity contribution in [2.75, 3.05) is 13.2 Å². The lowest BCUT2D eigenvalue weighted by molar-refractivity contribution is -0.131. The third-order valence-electron chi connectivity index (χ3n) is 10.2. The third-order valence-corrected chi connectivity index (χ3v) is 10.2. The number of hydrogen-bond donors (Lipinski definition) is 1. The molecule has 4 nitrogen and oxygen atoms in total. The van der Waals surface area contributed by atoms with Crippen molar-refractivity contribution in [1.29, 1.82) is 0 Å². The summed E-state index contributed by atoms with van der Waals surface area (Å²) in [5, 5.41) is 4.73. The van der Waals surface area contributed by atoms with Crippen LogP contribution in [0.4, 0.5) is 0 Å². The van der Waals surface area contributed by atoms with Gasteiger partial charge in [-0.15, -0.1) is 0 Å². The minimum absolute atomic E-state index is 0.0357. The van der Waals surface area contributed by atoms with E-state index in [0.29, 0.717) is 30.8 Å². The minimum atomic E-state index is -0.0357. The first-order valence-corrected chi connectivity index (χ1v) is 12.6. The smallest absolute Gasteiger partial charge is 0.139 e. The molecule has 0 aromatic heterocycles. The molecule has 0 unspecified atom stereocenters. The van der Waals surface area contributed by atoms with Gasteiger partial charge >= 0.3 is 0 Å². The van der Waals surface area contributed by atoms with Crippen LogP contribution in [0, 0.1) is 34.0 Å². The maximum absolute atomic E-state index is 12.7. The summed E-state index contributed by atoms with van der Waals surface area (Å²) in [6.45, 7) is 6.14. The summed E-state index contributed by atoms with van der Waals surface area (Å²) < 4.78 is 0. The number of allylic oxidation sites excluding steroid dienone is 2. The average molecular weight is 413 g/mol. The average Bonchev–Trinajstić information content (AvgIpc) is 3.33. The Labute approximate surface area is 182 Å². The van der Waals surface area contributed by atoms with E-state index in [4.69, 9.17) is 15.7 Å². The number of ketones is 1. The van der Waals surface area contributed by atoms with Gasteiger partial charge in [0.2, 0.25) is 0 Å². The maximum atomic E-state index is 12.7. The molecule has 5 atom stereocenters. The second-order valence-electron chi connectivity index (χ2n) is 11.4. The van der Waals surface area contributed by atoms with Crippen molar-refractivity contribution < 1.29 is 9.63 Å². The number of nitrogens with two attached hydrogens (primary N) is 1. The number of fused-ring (bicyclic) bond motifs is 6. The summed E-state index contributed by atoms with van der Waals surface area (Å²) >= 11 is 0. The monoisotopic (exact) mass is 412 g/mol. The van der Waals surface area contributed by atoms with Gasteiger partial charge in [0.15, 0.2) is 0 Å². The first-order chi connectivity index (χ1) is 14.5. The zero-order chi connectivity index (χ0) is 21.0. The second kappa shape index (κ2) is 7.46. The van der Waals surface area contributed by atoms with Crippen LogP contribution < -0.4 is 5.73 Å². The van der Waals surface area contributed by atoms with E-state index in [2.05, 4.69) is 19.9 Å². The Hall–Kier alpha value is -1.16. The SMILES string of the molecule is C[C@]12CC/C(=N/OCCCN)C3(CCCC3)C1=CC[C@@H]1[C@@H]2CC[C@]2(C)C(=O)CC[C@@H]12. The Morgan fingerprint density at radius 2 is 1.83 bits per heavy atom. The van der Waals surface area contributed by atoms with Crippen LogP contribution in [0.3, 0.4) is 0 Å². The molecule has 0 radical (unpaired) electrons. The Morgan fingerprint density at radius 1 is 1.07 bits per heavy atom. The van der Waals surface area contributed by atoms with Crippen LogP contribution in [0.25, 0.3) is 0 Å². The number of Topliss-reactive ketones (excluding diaryl/α,β-unsaturated/α-hetero) is 1. The fraction of sp³-hybridized carbons (Fsp3) is 0.846. The number of nitrogens with zero attached hydrogens (tertiary/aromatic N) is 1. The van der Waals surface area contributed by atoms with E-state index in [-0.39, 0.29) is 16.2 Å². The summed E-state index contributed by atoms with van der Waals surface area (Å²) in [6.07, 6.45) is 16.3. The molecular formula is C26H40N2O2. The van der Waals surface area contributed by atoms with Gasteiger partial charge in [0.05, 0.1) is 5.71 Å². The highest BCUT2D eigenvalue weighted by Crippen LogP contribution is 2.68. The summed E-state index contributed by atoms with van der Waals surface area (Å²) in [6, 6.07) is 0. The van der Waals surface area contributed by atoms with Gasteiger partial charge in [-0.25, -0.2) is 0 Å². The fourth-order valence-electron chi connectivity index (χ4n) is 8.64. The van der Waals surface area contributed by atoms with Crippen molar-refractivity contribution in [2.45, 2.75) is 90.9 Å². The van der Waals surface area contributed by atoms with Crippen LogP contribution in [0.1, 0.15) is 90.9 Å². The lowest BCUT2D eigenvalue weighted by Gasteiger charge is -2.60. The zero-order valence-corrected chi connectivity index (χ0v) is 19.0. The fourth-order valence-corrected chi connectivity index (χ4v) is 8.64. The molecule has 5 aliphatic rings. The van der Waals surface area contributed by atoms with Crippen LogP contribution >= 0.6 is 0 Å². The predicted octanol–water partition coefficient (Wildman–Crippen LogP) is 5.41. The van der Waals surface area contributed by atoms with E-state index in [9.17, 15) is 4.79 Å². The molecule has 5 rings (SSSR count). The summed E-state index contributed by atoms with van der Waals surface area (Å²) in [5.41, 5.74) is 9.03. The lowest BCUT2D eigenvalue weighted by Crippen LogP contribution is -2.54. The first kappa shape index (κ1) is 20.7. The Bertz CT molecular complexity index is 765. The van der Waals surface area contributed by atoms with Crippen molar-refractivity contribution in [3.63, 3.8) is 0 Å². The molecule has 0 amide bonds. The number of carbonyl (C=O) groups is 1. The molecule has 0 bridgehead atoms. The summed E-state index contributed by atoms with van der Waals surface area (Å²) in [7, 11) is 0. The van der Waals surface area contributed by atoms with Gasteiger partial charge < -0.3 is 10.6 Å². The topological polar surface area (TPSA) is 64.7 Å². The Morgan fingerprint density at radius 3 is 2.60 bits per heavy atom. The molecule has 166 valence electrons. The molecular weight excluding hydrogens is 372 g/mol. The normalized spacial score (nSPS) is 43.3. The number of carbonyl (C=O) groups excluding carboxylic acids is 1. The Balaban J connectivity index is 1.48. The van der Waals surface area contributed by atoms with E-state index < -0.39 is 0 Å². The molecule has 0 aliphatic heterocycles.